The lowest BCUT2D eigenvalue weighted by Crippen LogP contribution is -2.60. The van der Waals surface area contributed by atoms with Crippen molar-refractivity contribution < 1.29 is 9.53 Å². The fraction of sp³-hybridized carbons (Fsp3) is 0.588. The molecule has 0 saturated carbocycles. The highest BCUT2D eigenvalue weighted by molar-refractivity contribution is 5.81. The van der Waals surface area contributed by atoms with Gasteiger partial charge in [-0.1, -0.05) is 30.3 Å². The molecular formula is C17H26N2O2. The molecule has 0 aliphatic carbocycles. The second-order valence-electron chi connectivity index (χ2n) is 6.13. The van der Waals surface area contributed by atoms with Gasteiger partial charge in [-0.15, -0.1) is 0 Å². The van der Waals surface area contributed by atoms with Gasteiger partial charge in [0.15, 0.2) is 0 Å². The molecule has 0 amide bonds. The van der Waals surface area contributed by atoms with Gasteiger partial charge in [0, 0.05) is 25.7 Å². The van der Waals surface area contributed by atoms with E-state index in [0.29, 0.717) is 0 Å². The van der Waals surface area contributed by atoms with Gasteiger partial charge in [-0.2, -0.15) is 0 Å². The zero-order valence-corrected chi connectivity index (χ0v) is 13.3. The SMILES string of the molecule is COC(=O)C1(NC(C)C)CCN(Cc2ccccc2)CC1. The van der Waals surface area contributed by atoms with E-state index in [9.17, 15) is 4.79 Å². The van der Waals surface area contributed by atoms with Crippen molar-refractivity contribution in [1.29, 1.82) is 0 Å². The molecule has 0 unspecified atom stereocenters. The fourth-order valence-corrected chi connectivity index (χ4v) is 3.09. The Morgan fingerprint density at radius 3 is 2.43 bits per heavy atom. The molecule has 1 N–H and O–H groups in total. The van der Waals surface area contributed by atoms with Crippen LogP contribution in [0.15, 0.2) is 30.3 Å². The Bertz CT molecular complexity index is 451. The van der Waals surface area contributed by atoms with Gasteiger partial charge < -0.3 is 4.74 Å². The minimum atomic E-state index is -0.518. The maximum absolute atomic E-state index is 12.2. The zero-order valence-electron chi connectivity index (χ0n) is 13.3. The fourth-order valence-electron chi connectivity index (χ4n) is 3.09. The van der Waals surface area contributed by atoms with E-state index in [1.54, 1.807) is 0 Å². The Hall–Kier alpha value is -1.39. The summed E-state index contributed by atoms with van der Waals surface area (Å²) in [6, 6.07) is 10.7. The van der Waals surface area contributed by atoms with Crippen LogP contribution in [0.25, 0.3) is 0 Å². The molecule has 2 rings (SSSR count). The van der Waals surface area contributed by atoms with E-state index in [0.717, 1.165) is 32.5 Å². The molecule has 4 nitrogen and oxygen atoms in total. The Morgan fingerprint density at radius 1 is 1.29 bits per heavy atom. The zero-order chi connectivity index (χ0) is 15.3. The third-order valence-electron chi connectivity index (χ3n) is 4.10. The lowest BCUT2D eigenvalue weighted by molar-refractivity contribution is -0.151. The first-order valence-corrected chi connectivity index (χ1v) is 7.68. The summed E-state index contributed by atoms with van der Waals surface area (Å²) in [5, 5.41) is 3.43. The van der Waals surface area contributed by atoms with E-state index < -0.39 is 5.54 Å². The van der Waals surface area contributed by atoms with Gasteiger partial charge >= 0.3 is 5.97 Å². The quantitative estimate of drug-likeness (QED) is 0.844. The first-order valence-electron chi connectivity index (χ1n) is 7.68. The summed E-state index contributed by atoms with van der Waals surface area (Å²) in [5.74, 6) is -0.129. The van der Waals surface area contributed by atoms with Gasteiger partial charge in [0.05, 0.1) is 7.11 Å². The molecule has 0 atom stereocenters. The van der Waals surface area contributed by atoms with Crippen LogP contribution in [-0.4, -0.2) is 42.6 Å². The van der Waals surface area contributed by atoms with E-state index in [1.807, 2.05) is 6.07 Å². The predicted molar refractivity (Wildman–Crippen MR) is 84.0 cm³/mol. The van der Waals surface area contributed by atoms with Gasteiger partial charge in [0.25, 0.3) is 0 Å². The third kappa shape index (κ3) is 4.05. The van der Waals surface area contributed by atoms with Crippen LogP contribution < -0.4 is 5.32 Å². The minimum absolute atomic E-state index is 0.129. The number of nitrogens with one attached hydrogen (secondary N) is 1. The monoisotopic (exact) mass is 290 g/mol. The number of likely N-dealkylation sites (tertiary alicyclic amines) is 1. The lowest BCUT2D eigenvalue weighted by Gasteiger charge is -2.41. The molecule has 0 bridgehead atoms. The second-order valence-corrected chi connectivity index (χ2v) is 6.13. The van der Waals surface area contributed by atoms with Crippen LogP contribution >= 0.6 is 0 Å². The lowest BCUT2D eigenvalue weighted by atomic mass is 9.86. The third-order valence-corrected chi connectivity index (χ3v) is 4.10. The van der Waals surface area contributed by atoms with Crippen LogP contribution in [0.1, 0.15) is 32.3 Å². The number of piperidine rings is 1. The molecule has 1 saturated heterocycles. The molecular weight excluding hydrogens is 264 g/mol. The number of ether oxygens (including phenoxy) is 1. The number of carbonyl (C=O) groups excluding carboxylic acids is 1. The van der Waals surface area contributed by atoms with Crippen molar-refractivity contribution in [2.24, 2.45) is 0 Å². The van der Waals surface area contributed by atoms with Crippen molar-refractivity contribution in [1.82, 2.24) is 10.2 Å². The number of nitrogens with zero attached hydrogens (tertiary/aromatic N) is 1. The van der Waals surface area contributed by atoms with Crippen molar-refractivity contribution in [3.8, 4) is 0 Å². The molecule has 1 aliphatic heterocycles. The van der Waals surface area contributed by atoms with Gasteiger partial charge in [0.2, 0.25) is 0 Å². The van der Waals surface area contributed by atoms with Crippen molar-refractivity contribution in [3.63, 3.8) is 0 Å². The van der Waals surface area contributed by atoms with Crippen LogP contribution in [0.5, 0.6) is 0 Å². The number of benzene rings is 1. The normalized spacial score (nSPS) is 18.7. The Labute approximate surface area is 127 Å². The number of carbonyl (C=O) groups is 1. The molecule has 1 aromatic carbocycles. The van der Waals surface area contributed by atoms with Crippen molar-refractivity contribution in [2.45, 2.75) is 44.8 Å². The summed E-state index contributed by atoms with van der Waals surface area (Å²) in [6.45, 7) is 6.90. The largest absolute Gasteiger partial charge is 0.468 e. The maximum Gasteiger partial charge on any atom is 0.326 e. The molecule has 116 valence electrons. The first-order chi connectivity index (χ1) is 10.1. The summed E-state index contributed by atoms with van der Waals surface area (Å²) >= 11 is 0. The number of rotatable bonds is 5. The summed E-state index contributed by atoms with van der Waals surface area (Å²) in [5.41, 5.74) is 0.802. The number of hydrogen-bond acceptors (Lipinski definition) is 4. The first kappa shape index (κ1) is 16.0. The highest BCUT2D eigenvalue weighted by atomic mass is 16.5. The molecule has 0 spiro atoms. The van der Waals surface area contributed by atoms with Crippen molar-refractivity contribution >= 4 is 5.97 Å². The predicted octanol–water partition coefficient (Wildman–Crippen LogP) is 2.19. The van der Waals surface area contributed by atoms with E-state index >= 15 is 0 Å². The van der Waals surface area contributed by atoms with Crippen molar-refractivity contribution in [3.05, 3.63) is 35.9 Å². The Balaban J connectivity index is 1.97. The van der Waals surface area contributed by atoms with Crippen LogP contribution in [0.2, 0.25) is 0 Å². The molecule has 0 radical (unpaired) electrons. The van der Waals surface area contributed by atoms with Crippen molar-refractivity contribution in [2.75, 3.05) is 20.2 Å². The van der Waals surface area contributed by atoms with Crippen LogP contribution in [0.3, 0.4) is 0 Å². The Morgan fingerprint density at radius 2 is 1.90 bits per heavy atom. The van der Waals surface area contributed by atoms with Crippen LogP contribution in [0.4, 0.5) is 0 Å². The molecule has 1 aliphatic rings. The van der Waals surface area contributed by atoms with Crippen LogP contribution in [0, 0.1) is 0 Å². The average Bonchev–Trinajstić information content (AvgIpc) is 2.49. The minimum Gasteiger partial charge on any atom is -0.468 e. The Kier molecular flexibility index (Phi) is 5.37. The van der Waals surface area contributed by atoms with Gasteiger partial charge in [-0.05, 0) is 32.3 Å². The number of esters is 1. The highest BCUT2D eigenvalue weighted by Gasteiger charge is 2.42. The van der Waals surface area contributed by atoms with E-state index in [4.69, 9.17) is 4.74 Å². The smallest absolute Gasteiger partial charge is 0.326 e. The molecule has 21 heavy (non-hydrogen) atoms. The number of methoxy groups -OCH3 is 1. The standard InChI is InChI=1S/C17H26N2O2/c1-14(2)18-17(16(20)21-3)9-11-19(12-10-17)13-15-7-5-4-6-8-15/h4-8,14,18H,9-13H2,1-3H3. The summed E-state index contributed by atoms with van der Waals surface area (Å²) in [4.78, 5) is 14.6. The number of hydrogen-bond donors (Lipinski definition) is 1. The van der Waals surface area contributed by atoms with E-state index in [-0.39, 0.29) is 12.0 Å². The maximum atomic E-state index is 12.2. The van der Waals surface area contributed by atoms with Gasteiger partial charge in [-0.3, -0.25) is 15.0 Å². The van der Waals surface area contributed by atoms with Gasteiger partial charge in [0.1, 0.15) is 5.54 Å². The highest BCUT2D eigenvalue weighted by Crippen LogP contribution is 2.25. The summed E-state index contributed by atoms with van der Waals surface area (Å²) in [7, 11) is 1.47. The second kappa shape index (κ2) is 7.05. The molecule has 4 heteroatoms. The molecule has 1 heterocycles. The van der Waals surface area contributed by atoms with Gasteiger partial charge in [-0.25, -0.2) is 0 Å². The summed E-state index contributed by atoms with van der Waals surface area (Å²) < 4.78 is 5.03. The van der Waals surface area contributed by atoms with E-state index in [1.165, 1.54) is 12.7 Å². The van der Waals surface area contributed by atoms with E-state index in [2.05, 4.69) is 48.3 Å². The molecule has 0 aromatic heterocycles. The summed E-state index contributed by atoms with van der Waals surface area (Å²) in [6.07, 6.45) is 1.59. The molecule has 1 aromatic rings. The average molecular weight is 290 g/mol. The molecule has 1 fully saturated rings. The topological polar surface area (TPSA) is 41.6 Å². The van der Waals surface area contributed by atoms with Crippen LogP contribution in [-0.2, 0) is 16.1 Å².